The molecule has 5 nitrogen and oxygen atoms in total. The van der Waals surface area contributed by atoms with Crippen LogP contribution < -0.4 is 5.32 Å². The van der Waals surface area contributed by atoms with Gasteiger partial charge in [-0.25, -0.2) is 9.97 Å². The highest BCUT2D eigenvalue weighted by atomic mass is 16.4. The second-order valence-corrected chi connectivity index (χ2v) is 4.72. The molecule has 0 radical (unpaired) electrons. The quantitative estimate of drug-likeness (QED) is 0.742. The Bertz CT molecular complexity index is 355. The maximum atomic E-state index is 10.6. The fraction of sp³-hybridized carbons (Fsp3) is 0.615. The van der Waals surface area contributed by atoms with Gasteiger partial charge >= 0.3 is 5.97 Å². The first-order valence-corrected chi connectivity index (χ1v) is 6.32. The Kier molecular flexibility index (Phi) is 6.11. The first-order valence-electron chi connectivity index (χ1n) is 6.32. The molecule has 0 amide bonds. The van der Waals surface area contributed by atoms with Gasteiger partial charge in [-0.15, -0.1) is 0 Å². The highest BCUT2D eigenvalue weighted by molar-refractivity contribution is 5.66. The van der Waals surface area contributed by atoms with Gasteiger partial charge in [-0.3, -0.25) is 4.79 Å². The molecule has 2 N–H and O–H groups in total. The topological polar surface area (TPSA) is 75.1 Å². The van der Waals surface area contributed by atoms with E-state index in [2.05, 4.69) is 29.1 Å². The molecule has 0 aliphatic heterocycles. The minimum Gasteiger partial charge on any atom is -0.481 e. The summed E-state index contributed by atoms with van der Waals surface area (Å²) in [5.74, 6) is 0.804. The number of rotatable bonds is 8. The van der Waals surface area contributed by atoms with Crippen molar-refractivity contribution in [3.8, 4) is 0 Å². The fourth-order valence-electron chi connectivity index (χ4n) is 1.88. The SMILES string of the molecule is CC(C)C(CCNc1ncccn1)CCC(=O)O. The third kappa shape index (κ3) is 5.61. The molecule has 0 saturated heterocycles. The molecule has 1 rings (SSSR count). The van der Waals surface area contributed by atoms with Gasteiger partial charge in [0.1, 0.15) is 0 Å². The number of nitrogens with zero attached hydrogens (tertiary/aromatic N) is 2. The van der Waals surface area contributed by atoms with Crippen molar-refractivity contribution in [2.75, 3.05) is 11.9 Å². The van der Waals surface area contributed by atoms with Crippen LogP contribution in [0.1, 0.15) is 33.1 Å². The lowest BCUT2D eigenvalue weighted by Gasteiger charge is -2.20. The third-order valence-corrected chi connectivity index (χ3v) is 3.04. The molecule has 0 bridgehead atoms. The van der Waals surface area contributed by atoms with Crippen LogP contribution in [0.3, 0.4) is 0 Å². The summed E-state index contributed by atoms with van der Waals surface area (Å²) in [4.78, 5) is 18.7. The van der Waals surface area contributed by atoms with Crippen molar-refractivity contribution in [3.63, 3.8) is 0 Å². The highest BCUT2D eigenvalue weighted by Gasteiger charge is 2.14. The number of hydrogen-bond donors (Lipinski definition) is 2. The summed E-state index contributed by atoms with van der Waals surface area (Å²) in [7, 11) is 0. The maximum absolute atomic E-state index is 10.6. The van der Waals surface area contributed by atoms with Crippen LogP contribution in [0.2, 0.25) is 0 Å². The van der Waals surface area contributed by atoms with Crippen LogP contribution in [-0.2, 0) is 4.79 Å². The predicted octanol–water partition coefficient (Wildman–Crippen LogP) is 2.42. The maximum Gasteiger partial charge on any atom is 0.303 e. The van der Waals surface area contributed by atoms with Gasteiger partial charge in [0.2, 0.25) is 5.95 Å². The molecule has 5 heteroatoms. The molecule has 0 aliphatic rings. The van der Waals surface area contributed by atoms with Crippen LogP contribution in [0.15, 0.2) is 18.5 Å². The van der Waals surface area contributed by atoms with Gasteiger partial charge in [0.25, 0.3) is 0 Å². The van der Waals surface area contributed by atoms with Gasteiger partial charge in [0, 0.05) is 25.4 Å². The Balaban J connectivity index is 2.31. The van der Waals surface area contributed by atoms with Gasteiger partial charge in [-0.1, -0.05) is 13.8 Å². The van der Waals surface area contributed by atoms with Crippen molar-refractivity contribution in [2.45, 2.75) is 33.1 Å². The number of carboxylic acids is 1. The molecule has 1 heterocycles. The molecule has 18 heavy (non-hydrogen) atoms. The summed E-state index contributed by atoms with van der Waals surface area (Å²) in [6, 6.07) is 1.77. The molecule has 0 spiro atoms. The van der Waals surface area contributed by atoms with E-state index in [4.69, 9.17) is 5.11 Å². The number of carbonyl (C=O) groups is 1. The second kappa shape index (κ2) is 7.63. The predicted molar refractivity (Wildman–Crippen MR) is 70.3 cm³/mol. The minimum atomic E-state index is -0.722. The average molecular weight is 251 g/mol. The molecule has 100 valence electrons. The standard InChI is InChI=1S/C13H21N3O2/c1-10(2)11(4-5-12(17)18)6-9-16-13-14-7-3-8-15-13/h3,7-8,10-11H,4-6,9H2,1-2H3,(H,17,18)(H,14,15,16). The minimum absolute atomic E-state index is 0.241. The Morgan fingerprint density at radius 2 is 2.00 bits per heavy atom. The molecule has 1 aromatic rings. The Morgan fingerprint density at radius 1 is 1.33 bits per heavy atom. The zero-order chi connectivity index (χ0) is 13.4. The van der Waals surface area contributed by atoms with Crippen molar-refractivity contribution < 1.29 is 9.90 Å². The smallest absolute Gasteiger partial charge is 0.303 e. The van der Waals surface area contributed by atoms with Crippen LogP contribution in [0.5, 0.6) is 0 Å². The molecule has 1 unspecified atom stereocenters. The Morgan fingerprint density at radius 3 is 2.56 bits per heavy atom. The van der Waals surface area contributed by atoms with E-state index in [1.165, 1.54) is 0 Å². The largest absolute Gasteiger partial charge is 0.481 e. The van der Waals surface area contributed by atoms with E-state index in [0.717, 1.165) is 19.4 Å². The summed E-state index contributed by atoms with van der Waals surface area (Å²) < 4.78 is 0. The molecular formula is C13H21N3O2. The molecule has 0 aromatic carbocycles. The third-order valence-electron chi connectivity index (χ3n) is 3.04. The number of nitrogens with one attached hydrogen (secondary N) is 1. The second-order valence-electron chi connectivity index (χ2n) is 4.72. The van der Waals surface area contributed by atoms with Crippen molar-refractivity contribution in [1.29, 1.82) is 0 Å². The van der Waals surface area contributed by atoms with E-state index in [1.54, 1.807) is 18.5 Å². The highest BCUT2D eigenvalue weighted by Crippen LogP contribution is 2.20. The number of anilines is 1. The zero-order valence-corrected chi connectivity index (χ0v) is 11.0. The Labute approximate surface area is 108 Å². The first kappa shape index (κ1) is 14.4. The summed E-state index contributed by atoms with van der Waals surface area (Å²) >= 11 is 0. The monoisotopic (exact) mass is 251 g/mol. The molecule has 1 aromatic heterocycles. The van der Waals surface area contributed by atoms with Crippen molar-refractivity contribution in [3.05, 3.63) is 18.5 Å². The van der Waals surface area contributed by atoms with E-state index in [1.807, 2.05) is 0 Å². The first-order chi connectivity index (χ1) is 8.59. The lowest BCUT2D eigenvalue weighted by molar-refractivity contribution is -0.137. The van der Waals surface area contributed by atoms with Gasteiger partial charge in [0.15, 0.2) is 0 Å². The van der Waals surface area contributed by atoms with Gasteiger partial charge in [-0.05, 0) is 30.7 Å². The van der Waals surface area contributed by atoms with Gasteiger partial charge < -0.3 is 10.4 Å². The van der Waals surface area contributed by atoms with E-state index in [-0.39, 0.29) is 6.42 Å². The van der Waals surface area contributed by atoms with Crippen molar-refractivity contribution in [1.82, 2.24) is 9.97 Å². The van der Waals surface area contributed by atoms with Crippen LogP contribution in [0.25, 0.3) is 0 Å². The number of carboxylic acid groups (broad SMARTS) is 1. The molecule has 1 atom stereocenters. The number of hydrogen-bond acceptors (Lipinski definition) is 4. The molecule has 0 fully saturated rings. The zero-order valence-electron chi connectivity index (χ0n) is 11.0. The van der Waals surface area contributed by atoms with Crippen LogP contribution >= 0.6 is 0 Å². The van der Waals surface area contributed by atoms with E-state index in [9.17, 15) is 4.79 Å². The summed E-state index contributed by atoms with van der Waals surface area (Å²) in [5, 5.41) is 11.9. The number of aliphatic carboxylic acids is 1. The lowest BCUT2D eigenvalue weighted by atomic mass is 9.88. The molecule has 0 aliphatic carbocycles. The molecule has 0 saturated carbocycles. The van der Waals surface area contributed by atoms with Gasteiger partial charge in [-0.2, -0.15) is 0 Å². The van der Waals surface area contributed by atoms with Crippen LogP contribution in [0, 0.1) is 11.8 Å². The van der Waals surface area contributed by atoms with Crippen LogP contribution in [0.4, 0.5) is 5.95 Å². The summed E-state index contributed by atoms with van der Waals surface area (Å²) in [6.45, 7) is 5.03. The van der Waals surface area contributed by atoms with Crippen molar-refractivity contribution >= 4 is 11.9 Å². The fourth-order valence-corrected chi connectivity index (χ4v) is 1.88. The average Bonchev–Trinajstić information content (AvgIpc) is 2.34. The lowest BCUT2D eigenvalue weighted by Crippen LogP contribution is -2.16. The summed E-state index contributed by atoms with van der Waals surface area (Å²) in [6.07, 6.45) is 5.29. The van der Waals surface area contributed by atoms with E-state index in [0.29, 0.717) is 17.8 Å². The van der Waals surface area contributed by atoms with E-state index < -0.39 is 5.97 Å². The normalized spacial score (nSPS) is 12.4. The summed E-state index contributed by atoms with van der Waals surface area (Å²) in [5.41, 5.74) is 0. The Hall–Kier alpha value is -1.65. The van der Waals surface area contributed by atoms with E-state index >= 15 is 0 Å². The van der Waals surface area contributed by atoms with Crippen molar-refractivity contribution in [2.24, 2.45) is 11.8 Å². The van der Waals surface area contributed by atoms with Crippen LogP contribution in [-0.4, -0.2) is 27.6 Å². The molecular weight excluding hydrogens is 230 g/mol. The number of aromatic nitrogens is 2. The van der Waals surface area contributed by atoms with Gasteiger partial charge in [0.05, 0.1) is 0 Å².